The van der Waals surface area contributed by atoms with E-state index in [1.807, 2.05) is 30.3 Å². The van der Waals surface area contributed by atoms with Crippen molar-refractivity contribution < 1.29 is 4.79 Å². The van der Waals surface area contributed by atoms with Crippen molar-refractivity contribution in [3.05, 3.63) is 70.1 Å². The first-order chi connectivity index (χ1) is 10.1. The molecule has 1 amide bonds. The largest absolute Gasteiger partial charge is 0.345 e. The lowest BCUT2D eigenvalue weighted by Gasteiger charge is -2.19. The maximum atomic E-state index is 12.4. The number of hydrogen-bond acceptors (Lipinski definition) is 2. The minimum Gasteiger partial charge on any atom is -0.345 e. The monoisotopic (exact) mass is 282 g/mol. The summed E-state index contributed by atoms with van der Waals surface area (Å²) in [6.07, 6.45) is 3.87. The van der Waals surface area contributed by atoms with Gasteiger partial charge in [-0.15, -0.1) is 0 Å². The van der Waals surface area contributed by atoms with E-state index in [-0.39, 0.29) is 17.5 Å². The lowest BCUT2D eigenvalue weighted by Crippen LogP contribution is -2.31. The molecular weight excluding hydrogens is 264 g/mol. The summed E-state index contributed by atoms with van der Waals surface area (Å²) in [4.78, 5) is 23.8. The summed E-state index contributed by atoms with van der Waals surface area (Å²) in [5.41, 5.74) is 1.53. The average molecular weight is 282 g/mol. The lowest BCUT2D eigenvalue weighted by molar-refractivity contribution is 0.0931. The first-order valence-corrected chi connectivity index (χ1v) is 7.17. The Balaban J connectivity index is 1.81. The molecule has 1 aliphatic carbocycles. The van der Waals surface area contributed by atoms with Crippen LogP contribution in [-0.2, 0) is 7.05 Å². The van der Waals surface area contributed by atoms with E-state index in [4.69, 9.17) is 0 Å². The molecule has 0 unspecified atom stereocenters. The molecule has 3 rings (SSSR count). The molecule has 1 aromatic heterocycles. The molecule has 0 spiro atoms. The van der Waals surface area contributed by atoms with Gasteiger partial charge in [-0.2, -0.15) is 0 Å². The molecule has 1 fully saturated rings. The van der Waals surface area contributed by atoms with Gasteiger partial charge in [0.15, 0.2) is 0 Å². The molecule has 1 heterocycles. The number of benzene rings is 1. The van der Waals surface area contributed by atoms with Gasteiger partial charge in [-0.3, -0.25) is 9.59 Å². The van der Waals surface area contributed by atoms with E-state index >= 15 is 0 Å². The van der Waals surface area contributed by atoms with Crippen molar-refractivity contribution in [2.24, 2.45) is 13.0 Å². The van der Waals surface area contributed by atoms with Crippen molar-refractivity contribution in [2.75, 3.05) is 0 Å². The first kappa shape index (κ1) is 13.6. The molecular formula is C17H18N2O2. The van der Waals surface area contributed by atoms with E-state index in [2.05, 4.69) is 5.32 Å². The first-order valence-electron chi connectivity index (χ1n) is 7.17. The summed E-state index contributed by atoms with van der Waals surface area (Å²) >= 11 is 0. The Labute approximate surface area is 123 Å². The summed E-state index contributed by atoms with van der Waals surface area (Å²) in [5.74, 6) is 0.384. The van der Waals surface area contributed by atoms with Crippen LogP contribution in [0.4, 0.5) is 0 Å². The summed E-state index contributed by atoms with van der Waals surface area (Å²) < 4.78 is 1.42. The Morgan fingerprint density at radius 3 is 2.52 bits per heavy atom. The van der Waals surface area contributed by atoms with Gasteiger partial charge in [0.05, 0.1) is 11.6 Å². The fourth-order valence-corrected chi connectivity index (χ4v) is 2.52. The second-order valence-corrected chi connectivity index (χ2v) is 5.57. The van der Waals surface area contributed by atoms with Gasteiger partial charge in [0.1, 0.15) is 0 Å². The minimum atomic E-state index is -0.133. The van der Waals surface area contributed by atoms with E-state index in [9.17, 15) is 9.59 Å². The average Bonchev–Trinajstić information content (AvgIpc) is 3.33. The predicted molar refractivity (Wildman–Crippen MR) is 81.1 cm³/mol. The third kappa shape index (κ3) is 3.05. The highest BCUT2D eigenvalue weighted by atomic mass is 16.2. The number of carbonyl (C=O) groups is 1. The van der Waals surface area contributed by atoms with Crippen LogP contribution in [-0.4, -0.2) is 10.5 Å². The number of carbonyl (C=O) groups excluding carboxylic acids is 1. The normalized spacial score (nSPS) is 15.5. The number of nitrogens with zero attached hydrogens (tertiary/aromatic N) is 1. The number of amides is 1. The fraction of sp³-hybridized carbons (Fsp3) is 0.294. The Bertz CT molecular complexity index is 702. The van der Waals surface area contributed by atoms with Gasteiger partial charge < -0.3 is 9.88 Å². The zero-order valence-electron chi connectivity index (χ0n) is 12.0. The van der Waals surface area contributed by atoms with Gasteiger partial charge >= 0.3 is 0 Å². The molecule has 4 nitrogen and oxygen atoms in total. The Kier molecular flexibility index (Phi) is 3.60. The van der Waals surface area contributed by atoms with E-state index in [1.165, 1.54) is 10.6 Å². The zero-order valence-corrected chi connectivity index (χ0v) is 12.0. The Morgan fingerprint density at radius 1 is 1.19 bits per heavy atom. The van der Waals surface area contributed by atoms with Crippen LogP contribution in [0, 0.1) is 5.92 Å². The highest BCUT2D eigenvalue weighted by Gasteiger charge is 2.33. The third-order valence-corrected chi connectivity index (χ3v) is 3.89. The zero-order chi connectivity index (χ0) is 14.8. The smallest absolute Gasteiger partial charge is 0.253 e. The van der Waals surface area contributed by atoms with Gasteiger partial charge in [0.25, 0.3) is 5.91 Å². The number of hydrogen-bond donors (Lipinski definition) is 1. The van der Waals surface area contributed by atoms with Gasteiger partial charge in [0, 0.05) is 19.3 Å². The summed E-state index contributed by atoms with van der Waals surface area (Å²) in [7, 11) is 1.65. The van der Waals surface area contributed by atoms with Crippen LogP contribution in [0.1, 0.15) is 34.8 Å². The number of aryl methyl sites for hydroxylation is 1. The number of nitrogens with one attached hydrogen (secondary N) is 1. The minimum absolute atomic E-state index is 0.0518. The van der Waals surface area contributed by atoms with Crippen molar-refractivity contribution in [3.63, 3.8) is 0 Å². The van der Waals surface area contributed by atoms with E-state index < -0.39 is 0 Å². The molecule has 1 N–H and O–H groups in total. The van der Waals surface area contributed by atoms with Crippen LogP contribution in [0.15, 0.2) is 53.5 Å². The predicted octanol–water partition coefficient (Wildman–Crippen LogP) is 2.27. The molecule has 1 aliphatic rings. The second kappa shape index (κ2) is 5.56. The standard InChI is InChI=1S/C17H18N2O2/c1-19-11-14(9-10-15(19)20)17(21)18-16(13-7-8-13)12-5-3-2-4-6-12/h2-6,9-11,13,16H,7-8H2,1H3,(H,18,21)/t16-/m0/s1. The van der Waals surface area contributed by atoms with Crippen LogP contribution in [0.2, 0.25) is 0 Å². The van der Waals surface area contributed by atoms with Gasteiger partial charge in [-0.25, -0.2) is 0 Å². The van der Waals surface area contributed by atoms with E-state index in [0.29, 0.717) is 11.5 Å². The molecule has 108 valence electrons. The molecule has 1 aromatic carbocycles. The molecule has 2 aromatic rings. The molecule has 0 aliphatic heterocycles. The van der Waals surface area contributed by atoms with Crippen molar-refractivity contribution in [2.45, 2.75) is 18.9 Å². The third-order valence-electron chi connectivity index (χ3n) is 3.89. The van der Waals surface area contributed by atoms with Crippen LogP contribution in [0.3, 0.4) is 0 Å². The van der Waals surface area contributed by atoms with Crippen LogP contribution in [0.5, 0.6) is 0 Å². The van der Waals surface area contributed by atoms with Crippen LogP contribution < -0.4 is 10.9 Å². The SMILES string of the molecule is Cn1cc(C(=O)N[C@@H](c2ccccc2)C2CC2)ccc1=O. The molecule has 0 saturated heterocycles. The van der Waals surface area contributed by atoms with Gasteiger partial charge in [0.2, 0.25) is 5.56 Å². The molecule has 0 radical (unpaired) electrons. The summed E-state index contributed by atoms with van der Waals surface area (Å²) in [6.45, 7) is 0. The van der Waals surface area contributed by atoms with Crippen molar-refractivity contribution in [1.82, 2.24) is 9.88 Å². The summed E-state index contributed by atoms with van der Waals surface area (Å²) in [6, 6.07) is 13.1. The highest BCUT2D eigenvalue weighted by molar-refractivity contribution is 5.94. The topological polar surface area (TPSA) is 51.1 Å². The van der Waals surface area contributed by atoms with Crippen molar-refractivity contribution >= 4 is 5.91 Å². The van der Waals surface area contributed by atoms with Gasteiger partial charge in [-0.05, 0) is 30.4 Å². The Hall–Kier alpha value is -2.36. The molecule has 4 heteroatoms. The fourth-order valence-electron chi connectivity index (χ4n) is 2.52. The quantitative estimate of drug-likeness (QED) is 0.935. The van der Waals surface area contributed by atoms with Gasteiger partial charge in [-0.1, -0.05) is 30.3 Å². The summed E-state index contributed by atoms with van der Waals surface area (Å²) in [5, 5.41) is 3.10. The van der Waals surface area contributed by atoms with Crippen molar-refractivity contribution in [1.29, 1.82) is 0 Å². The number of aromatic nitrogens is 1. The van der Waals surface area contributed by atoms with E-state index in [0.717, 1.165) is 18.4 Å². The second-order valence-electron chi connectivity index (χ2n) is 5.57. The molecule has 0 bridgehead atoms. The maximum absolute atomic E-state index is 12.4. The van der Waals surface area contributed by atoms with Crippen LogP contribution >= 0.6 is 0 Å². The van der Waals surface area contributed by atoms with Crippen molar-refractivity contribution in [3.8, 4) is 0 Å². The molecule has 1 saturated carbocycles. The lowest BCUT2D eigenvalue weighted by atomic mass is 10.0. The van der Waals surface area contributed by atoms with Crippen LogP contribution in [0.25, 0.3) is 0 Å². The molecule has 1 atom stereocenters. The highest BCUT2D eigenvalue weighted by Crippen LogP contribution is 2.41. The maximum Gasteiger partial charge on any atom is 0.253 e. The number of rotatable bonds is 4. The van der Waals surface area contributed by atoms with E-state index in [1.54, 1.807) is 19.3 Å². The number of pyridine rings is 1. The Morgan fingerprint density at radius 2 is 1.90 bits per heavy atom. The molecule has 21 heavy (non-hydrogen) atoms.